The van der Waals surface area contributed by atoms with Crippen LogP contribution in [0.2, 0.25) is 0 Å². The molecule has 0 aromatic carbocycles. The van der Waals surface area contributed by atoms with Gasteiger partial charge in [0.2, 0.25) is 11.8 Å². The predicted molar refractivity (Wildman–Crippen MR) is 86.7 cm³/mol. The lowest BCUT2D eigenvalue weighted by Crippen LogP contribution is -2.61. The Hall–Kier alpha value is -1.24. The van der Waals surface area contributed by atoms with E-state index in [1.54, 1.807) is 16.7 Å². The zero-order chi connectivity index (χ0) is 16.7. The molecule has 0 aromatic heterocycles. The van der Waals surface area contributed by atoms with Crippen molar-refractivity contribution in [2.75, 3.05) is 12.9 Å². The van der Waals surface area contributed by atoms with E-state index in [2.05, 4.69) is 5.32 Å². The fraction of sp³-hybridized carbons (Fsp3) is 0.812. The second-order valence-electron chi connectivity index (χ2n) is 6.89. The van der Waals surface area contributed by atoms with Crippen molar-refractivity contribution in [2.24, 2.45) is 0 Å². The first-order chi connectivity index (χ1) is 10.9. The third-order valence-electron chi connectivity index (χ3n) is 5.39. The number of ether oxygens (including phenoxy) is 1. The molecule has 1 N–H and O–H groups in total. The summed E-state index contributed by atoms with van der Waals surface area (Å²) in [6.45, 7) is 2.02. The van der Waals surface area contributed by atoms with Gasteiger partial charge in [-0.25, -0.2) is 4.79 Å². The summed E-state index contributed by atoms with van der Waals surface area (Å²) in [5.41, 5.74) is -0.920. The minimum Gasteiger partial charge on any atom is -0.467 e. The molecule has 0 spiro atoms. The summed E-state index contributed by atoms with van der Waals surface area (Å²) in [6.07, 6.45) is 5.35. The highest BCUT2D eigenvalue weighted by atomic mass is 32.2. The highest BCUT2D eigenvalue weighted by molar-refractivity contribution is 8.01. The van der Waals surface area contributed by atoms with Gasteiger partial charge in [-0.15, -0.1) is 11.8 Å². The van der Waals surface area contributed by atoms with Crippen molar-refractivity contribution >= 4 is 29.5 Å². The van der Waals surface area contributed by atoms with E-state index in [9.17, 15) is 14.4 Å². The maximum absolute atomic E-state index is 12.8. The minimum atomic E-state index is -0.920. The number of hydrogen-bond donors (Lipinski definition) is 1. The summed E-state index contributed by atoms with van der Waals surface area (Å²) in [7, 11) is 1.36. The number of fused-ring (bicyclic) bond motifs is 1. The molecule has 2 heterocycles. The third-order valence-corrected chi connectivity index (χ3v) is 6.90. The van der Waals surface area contributed by atoms with E-state index in [4.69, 9.17) is 4.74 Å². The molecule has 0 radical (unpaired) electrons. The van der Waals surface area contributed by atoms with Crippen LogP contribution < -0.4 is 5.32 Å². The van der Waals surface area contributed by atoms with Crippen molar-refractivity contribution in [3.05, 3.63) is 0 Å². The summed E-state index contributed by atoms with van der Waals surface area (Å²) in [6, 6.07) is -0.483. The third kappa shape index (κ3) is 2.73. The van der Waals surface area contributed by atoms with Gasteiger partial charge in [0.05, 0.1) is 12.0 Å². The summed E-state index contributed by atoms with van der Waals surface area (Å²) < 4.78 is 4.94. The second kappa shape index (κ2) is 6.00. The maximum Gasteiger partial charge on any atom is 0.331 e. The fourth-order valence-corrected chi connectivity index (χ4v) is 5.50. The van der Waals surface area contributed by atoms with E-state index >= 15 is 0 Å². The van der Waals surface area contributed by atoms with Gasteiger partial charge in [-0.1, -0.05) is 19.3 Å². The number of carbonyl (C=O) groups excluding carboxylic acids is 3. The van der Waals surface area contributed by atoms with Crippen LogP contribution in [0, 0.1) is 0 Å². The number of rotatable bonds is 3. The van der Waals surface area contributed by atoms with Gasteiger partial charge in [-0.05, 0) is 26.2 Å². The molecule has 1 saturated carbocycles. The first-order valence-corrected chi connectivity index (χ1v) is 9.27. The van der Waals surface area contributed by atoms with Gasteiger partial charge in [-0.3, -0.25) is 9.59 Å². The van der Waals surface area contributed by atoms with Gasteiger partial charge >= 0.3 is 5.97 Å². The maximum atomic E-state index is 12.8. The van der Waals surface area contributed by atoms with Crippen LogP contribution >= 0.6 is 11.8 Å². The van der Waals surface area contributed by atoms with Gasteiger partial charge in [0.25, 0.3) is 0 Å². The first-order valence-electron chi connectivity index (χ1n) is 8.28. The molecular weight excluding hydrogens is 316 g/mol. The average molecular weight is 340 g/mol. The van der Waals surface area contributed by atoms with Crippen LogP contribution in [0.5, 0.6) is 0 Å². The Morgan fingerprint density at radius 1 is 1.26 bits per heavy atom. The average Bonchev–Trinajstić information content (AvgIpc) is 3.04. The quantitative estimate of drug-likeness (QED) is 0.787. The highest BCUT2D eigenvalue weighted by Gasteiger charge is 2.54. The molecule has 0 aromatic rings. The van der Waals surface area contributed by atoms with E-state index < -0.39 is 11.6 Å². The van der Waals surface area contributed by atoms with E-state index in [1.807, 2.05) is 6.92 Å². The molecule has 0 unspecified atom stereocenters. The van der Waals surface area contributed by atoms with Crippen LogP contribution in [0.1, 0.15) is 51.9 Å². The monoisotopic (exact) mass is 340 g/mol. The highest BCUT2D eigenvalue weighted by Crippen LogP contribution is 2.47. The molecule has 23 heavy (non-hydrogen) atoms. The standard InChI is InChI=1S/C16H24N2O4S/c1-15-9-6-12(19)18(15)11(10-23-15)13(20)17-16(14(21)22-2)7-4-3-5-8-16/h11H,3-10H2,1-2H3,(H,17,20)/t11-,15+/m0/s1. The van der Waals surface area contributed by atoms with Crippen LogP contribution in [0.4, 0.5) is 0 Å². The lowest BCUT2D eigenvalue weighted by atomic mass is 9.81. The topological polar surface area (TPSA) is 75.7 Å². The van der Waals surface area contributed by atoms with Crippen LogP contribution in [0.25, 0.3) is 0 Å². The van der Waals surface area contributed by atoms with Crippen LogP contribution in [-0.4, -0.2) is 52.0 Å². The van der Waals surface area contributed by atoms with Gasteiger partial charge < -0.3 is 15.0 Å². The predicted octanol–water partition coefficient (Wildman–Crippen LogP) is 1.43. The number of amides is 2. The number of nitrogens with zero attached hydrogens (tertiary/aromatic N) is 1. The Morgan fingerprint density at radius 3 is 2.61 bits per heavy atom. The zero-order valence-corrected chi connectivity index (χ0v) is 14.5. The van der Waals surface area contributed by atoms with Crippen molar-refractivity contribution in [2.45, 2.75) is 68.3 Å². The molecular formula is C16H24N2O4S. The minimum absolute atomic E-state index is 0.0356. The molecule has 2 saturated heterocycles. The van der Waals surface area contributed by atoms with E-state index in [0.717, 1.165) is 25.7 Å². The largest absolute Gasteiger partial charge is 0.467 e. The van der Waals surface area contributed by atoms with Crippen molar-refractivity contribution < 1.29 is 19.1 Å². The van der Waals surface area contributed by atoms with Crippen LogP contribution in [0.3, 0.4) is 0 Å². The molecule has 3 fully saturated rings. The fourth-order valence-electron chi connectivity index (χ4n) is 4.06. The molecule has 3 rings (SSSR count). The van der Waals surface area contributed by atoms with E-state index in [1.165, 1.54) is 7.11 Å². The molecule has 128 valence electrons. The Labute approximate surface area is 140 Å². The SMILES string of the molecule is COC(=O)C1(NC(=O)[C@@H]2CS[C@]3(C)CCC(=O)N23)CCCCC1. The summed E-state index contributed by atoms with van der Waals surface area (Å²) in [5, 5.41) is 2.95. The van der Waals surface area contributed by atoms with Crippen LogP contribution in [-0.2, 0) is 19.1 Å². The van der Waals surface area contributed by atoms with Gasteiger partial charge in [0.15, 0.2) is 0 Å². The Kier molecular flexibility index (Phi) is 4.33. The first kappa shape index (κ1) is 16.6. The Bertz CT molecular complexity index is 532. The normalized spacial score (nSPS) is 32.5. The summed E-state index contributed by atoms with van der Waals surface area (Å²) in [5.74, 6) is 0.0367. The summed E-state index contributed by atoms with van der Waals surface area (Å²) in [4.78, 5) is 38.7. The molecule has 3 aliphatic rings. The molecule has 0 bridgehead atoms. The summed E-state index contributed by atoms with van der Waals surface area (Å²) >= 11 is 1.66. The van der Waals surface area contributed by atoms with Gasteiger partial charge in [0, 0.05) is 12.2 Å². The molecule has 7 heteroatoms. The van der Waals surface area contributed by atoms with E-state index in [0.29, 0.717) is 25.0 Å². The van der Waals surface area contributed by atoms with Crippen LogP contribution in [0.15, 0.2) is 0 Å². The lowest BCUT2D eigenvalue weighted by Gasteiger charge is -2.37. The number of thioether (sulfide) groups is 1. The second-order valence-corrected chi connectivity index (χ2v) is 8.39. The Morgan fingerprint density at radius 2 is 1.96 bits per heavy atom. The molecule has 6 nitrogen and oxygen atoms in total. The number of methoxy groups -OCH3 is 1. The zero-order valence-electron chi connectivity index (χ0n) is 13.7. The Balaban J connectivity index is 1.77. The van der Waals surface area contributed by atoms with Crippen molar-refractivity contribution in [1.82, 2.24) is 10.2 Å². The van der Waals surface area contributed by atoms with E-state index in [-0.39, 0.29) is 22.7 Å². The van der Waals surface area contributed by atoms with Crippen molar-refractivity contribution in [1.29, 1.82) is 0 Å². The molecule has 2 aliphatic heterocycles. The number of hydrogen-bond acceptors (Lipinski definition) is 5. The lowest BCUT2D eigenvalue weighted by molar-refractivity contribution is -0.153. The molecule has 2 atom stereocenters. The number of nitrogens with one attached hydrogen (secondary N) is 1. The van der Waals surface area contributed by atoms with Crippen molar-refractivity contribution in [3.63, 3.8) is 0 Å². The molecule has 1 aliphatic carbocycles. The van der Waals surface area contributed by atoms with Gasteiger partial charge in [-0.2, -0.15) is 0 Å². The van der Waals surface area contributed by atoms with Crippen molar-refractivity contribution in [3.8, 4) is 0 Å². The molecule has 2 amide bonds. The van der Waals surface area contributed by atoms with Gasteiger partial charge in [0.1, 0.15) is 11.6 Å². The smallest absolute Gasteiger partial charge is 0.331 e. The number of esters is 1. The number of carbonyl (C=O) groups is 3.